The zero-order valence-corrected chi connectivity index (χ0v) is 16.3. The highest BCUT2D eigenvalue weighted by atomic mass is 32.1. The van der Waals surface area contributed by atoms with Gasteiger partial charge in [-0.15, -0.1) is 11.3 Å². The fourth-order valence-corrected chi connectivity index (χ4v) is 5.08. The quantitative estimate of drug-likeness (QED) is 0.826. The number of nitrogens with one attached hydrogen (secondary N) is 2. The molecule has 1 fully saturated rings. The smallest absolute Gasteiger partial charge is 0.256 e. The molecule has 5 nitrogen and oxygen atoms in total. The predicted octanol–water partition coefficient (Wildman–Crippen LogP) is 3.71. The molecule has 27 heavy (non-hydrogen) atoms. The number of thiophene rings is 1. The average Bonchev–Trinajstić information content (AvgIpc) is 3.37. The first-order chi connectivity index (χ1) is 13.1. The van der Waals surface area contributed by atoms with Crippen molar-refractivity contribution in [2.45, 2.75) is 45.1 Å². The topological polar surface area (TPSA) is 67.4 Å². The third-order valence-corrected chi connectivity index (χ3v) is 6.38. The van der Waals surface area contributed by atoms with Crippen LogP contribution in [0.5, 0.6) is 0 Å². The molecular formula is C21H24N2O3S. The zero-order chi connectivity index (χ0) is 18.8. The summed E-state index contributed by atoms with van der Waals surface area (Å²) in [5.74, 6) is -0.281. The Labute approximate surface area is 163 Å². The highest BCUT2D eigenvalue weighted by molar-refractivity contribution is 7.17. The molecular weight excluding hydrogens is 360 g/mol. The van der Waals surface area contributed by atoms with Crippen LogP contribution in [0.3, 0.4) is 0 Å². The SMILES string of the molecule is Cc1cccc(C(=O)Nc2sc3c(c2C(=O)NCC2CCCO2)CCC3)c1. The summed E-state index contributed by atoms with van der Waals surface area (Å²) < 4.78 is 5.60. The molecule has 2 N–H and O–H groups in total. The van der Waals surface area contributed by atoms with Gasteiger partial charge in [0.2, 0.25) is 0 Å². The first kappa shape index (κ1) is 18.2. The minimum absolute atomic E-state index is 0.103. The van der Waals surface area contributed by atoms with E-state index in [2.05, 4.69) is 10.6 Å². The van der Waals surface area contributed by atoms with Crippen molar-refractivity contribution in [3.8, 4) is 0 Å². The minimum Gasteiger partial charge on any atom is -0.376 e. The lowest BCUT2D eigenvalue weighted by Crippen LogP contribution is -2.32. The summed E-state index contributed by atoms with van der Waals surface area (Å²) in [5.41, 5.74) is 3.39. The van der Waals surface area contributed by atoms with Crippen molar-refractivity contribution >= 4 is 28.2 Å². The average molecular weight is 385 g/mol. The summed E-state index contributed by atoms with van der Waals surface area (Å²) in [4.78, 5) is 26.8. The van der Waals surface area contributed by atoms with Gasteiger partial charge in [0, 0.05) is 23.6 Å². The van der Waals surface area contributed by atoms with Gasteiger partial charge in [-0.1, -0.05) is 17.7 Å². The van der Waals surface area contributed by atoms with Gasteiger partial charge in [0.1, 0.15) is 5.00 Å². The van der Waals surface area contributed by atoms with Crippen LogP contribution in [0.4, 0.5) is 5.00 Å². The second kappa shape index (κ2) is 7.82. The molecule has 2 amide bonds. The van der Waals surface area contributed by atoms with Crippen LogP contribution in [0.1, 0.15) is 56.0 Å². The van der Waals surface area contributed by atoms with Crippen molar-refractivity contribution in [1.82, 2.24) is 5.32 Å². The molecule has 1 saturated heterocycles. The number of aryl methyl sites for hydroxylation is 2. The molecule has 142 valence electrons. The molecule has 1 atom stereocenters. The molecule has 2 aliphatic rings. The maximum atomic E-state index is 12.9. The standard InChI is InChI=1S/C21H24N2O3S/c1-13-5-2-6-14(11-13)19(24)23-21-18(16-8-3-9-17(16)27-21)20(25)22-12-15-7-4-10-26-15/h2,5-6,11,15H,3-4,7-10,12H2,1H3,(H,22,25)(H,23,24). The van der Waals surface area contributed by atoms with Gasteiger partial charge in [-0.25, -0.2) is 0 Å². The van der Waals surface area contributed by atoms with Crippen molar-refractivity contribution in [2.75, 3.05) is 18.5 Å². The Morgan fingerprint density at radius 1 is 1.22 bits per heavy atom. The van der Waals surface area contributed by atoms with E-state index in [0.717, 1.165) is 49.8 Å². The molecule has 1 aromatic carbocycles. The number of anilines is 1. The zero-order valence-electron chi connectivity index (χ0n) is 15.5. The highest BCUT2D eigenvalue weighted by Gasteiger charge is 2.28. The monoisotopic (exact) mass is 384 g/mol. The number of fused-ring (bicyclic) bond motifs is 1. The highest BCUT2D eigenvalue weighted by Crippen LogP contribution is 2.39. The van der Waals surface area contributed by atoms with Crippen LogP contribution in [0.25, 0.3) is 0 Å². The maximum absolute atomic E-state index is 12.9. The van der Waals surface area contributed by atoms with Crippen LogP contribution in [-0.2, 0) is 17.6 Å². The molecule has 0 radical (unpaired) electrons. The molecule has 1 aliphatic carbocycles. The number of hydrogen-bond donors (Lipinski definition) is 2. The number of rotatable bonds is 5. The lowest BCUT2D eigenvalue weighted by atomic mass is 10.1. The first-order valence-electron chi connectivity index (χ1n) is 9.54. The third kappa shape index (κ3) is 3.92. The Balaban J connectivity index is 1.54. The van der Waals surface area contributed by atoms with E-state index in [1.807, 2.05) is 25.1 Å². The van der Waals surface area contributed by atoms with E-state index >= 15 is 0 Å². The van der Waals surface area contributed by atoms with Gasteiger partial charge in [-0.2, -0.15) is 0 Å². The molecule has 1 unspecified atom stereocenters. The first-order valence-corrected chi connectivity index (χ1v) is 10.4. The van der Waals surface area contributed by atoms with E-state index in [-0.39, 0.29) is 17.9 Å². The van der Waals surface area contributed by atoms with E-state index in [4.69, 9.17) is 4.74 Å². The fourth-order valence-electron chi connectivity index (χ4n) is 3.79. The number of amides is 2. The second-order valence-electron chi connectivity index (χ2n) is 7.23. The van der Waals surface area contributed by atoms with Gasteiger partial charge in [-0.05, 0) is 56.7 Å². The fraction of sp³-hybridized carbons (Fsp3) is 0.429. The Bertz CT molecular complexity index is 868. The van der Waals surface area contributed by atoms with E-state index in [0.29, 0.717) is 22.7 Å². The van der Waals surface area contributed by atoms with Gasteiger partial charge < -0.3 is 15.4 Å². The summed E-state index contributed by atoms with van der Waals surface area (Å²) in [6.45, 7) is 3.25. The Morgan fingerprint density at radius 2 is 2.11 bits per heavy atom. The summed E-state index contributed by atoms with van der Waals surface area (Å²) in [5, 5.41) is 6.65. The Morgan fingerprint density at radius 3 is 2.89 bits per heavy atom. The van der Waals surface area contributed by atoms with E-state index in [1.165, 1.54) is 16.2 Å². The molecule has 1 aromatic heterocycles. The number of carbonyl (C=O) groups excluding carboxylic acids is 2. The second-order valence-corrected chi connectivity index (χ2v) is 8.34. The maximum Gasteiger partial charge on any atom is 0.256 e. The normalized spacial score (nSPS) is 18.3. The molecule has 6 heteroatoms. The molecule has 0 saturated carbocycles. The van der Waals surface area contributed by atoms with Crippen LogP contribution in [0, 0.1) is 6.92 Å². The van der Waals surface area contributed by atoms with Crippen LogP contribution in [-0.4, -0.2) is 31.1 Å². The van der Waals surface area contributed by atoms with Crippen molar-refractivity contribution in [3.63, 3.8) is 0 Å². The largest absolute Gasteiger partial charge is 0.376 e. The van der Waals surface area contributed by atoms with E-state index in [1.54, 1.807) is 6.07 Å². The summed E-state index contributed by atoms with van der Waals surface area (Å²) >= 11 is 1.54. The van der Waals surface area contributed by atoms with Gasteiger partial charge in [0.25, 0.3) is 11.8 Å². The Hall–Kier alpha value is -2.18. The molecule has 2 heterocycles. The molecule has 2 aromatic rings. The number of ether oxygens (including phenoxy) is 1. The van der Waals surface area contributed by atoms with E-state index < -0.39 is 0 Å². The number of carbonyl (C=O) groups is 2. The van der Waals surface area contributed by atoms with Crippen LogP contribution >= 0.6 is 11.3 Å². The van der Waals surface area contributed by atoms with Crippen molar-refractivity contribution < 1.29 is 14.3 Å². The summed E-state index contributed by atoms with van der Waals surface area (Å²) in [7, 11) is 0. The van der Waals surface area contributed by atoms with Crippen LogP contribution in [0.15, 0.2) is 24.3 Å². The van der Waals surface area contributed by atoms with Gasteiger partial charge in [-0.3, -0.25) is 9.59 Å². The van der Waals surface area contributed by atoms with Crippen molar-refractivity contribution in [2.24, 2.45) is 0 Å². The lowest BCUT2D eigenvalue weighted by Gasteiger charge is -2.13. The van der Waals surface area contributed by atoms with Gasteiger partial charge >= 0.3 is 0 Å². The molecule has 1 aliphatic heterocycles. The predicted molar refractivity (Wildman–Crippen MR) is 107 cm³/mol. The van der Waals surface area contributed by atoms with Crippen molar-refractivity contribution in [3.05, 3.63) is 51.4 Å². The lowest BCUT2D eigenvalue weighted by molar-refractivity contribution is 0.0858. The number of hydrogen-bond acceptors (Lipinski definition) is 4. The molecule has 0 spiro atoms. The minimum atomic E-state index is -0.174. The summed E-state index contributed by atoms with van der Waals surface area (Å²) in [6.07, 6.45) is 5.08. The molecule has 0 bridgehead atoms. The number of benzene rings is 1. The third-order valence-electron chi connectivity index (χ3n) is 5.17. The van der Waals surface area contributed by atoms with E-state index in [9.17, 15) is 9.59 Å². The Kier molecular flexibility index (Phi) is 5.27. The van der Waals surface area contributed by atoms with Crippen LogP contribution < -0.4 is 10.6 Å². The van der Waals surface area contributed by atoms with Crippen molar-refractivity contribution in [1.29, 1.82) is 0 Å². The van der Waals surface area contributed by atoms with Crippen LogP contribution in [0.2, 0.25) is 0 Å². The van der Waals surface area contributed by atoms with Gasteiger partial charge in [0.15, 0.2) is 0 Å². The summed E-state index contributed by atoms with van der Waals surface area (Å²) in [6, 6.07) is 7.48. The molecule has 4 rings (SSSR count). The van der Waals surface area contributed by atoms with Gasteiger partial charge in [0.05, 0.1) is 11.7 Å².